The number of hydrogen-bond donors (Lipinski definition) is 0. The maximum absolute atomic E-state index is 11.6. The average molecular weight is 272 g/mol. The molecule has 0 aliphatic carbocycles. The molecule has 0 saturated carbocycles. The molecule has 0 heterocycles. The molecule has 0 radical (unpaired) electrons. The molecular weight excluding hydrogens is 258 g/mol. The highest BCUT2D eigenvalue weighted by Gasteiger charge is 2.13. The normalized spacial score (nSPS) is 10.2. The highest BCUT2D eigenvalue weighted by molar-refractivity contribution is 9.10. The maximum Gasteiger partial charge on any atom is 0.414 e. The van der Waals surface area contributed by atoms with Gasteiger partial charge in [0.25, 0.3) is 0 Å². The zero-order valence-electron chi connectivity index (χ0n) is 9.03. The molecule has 0 spiro atoms. The minimum absolute atomic E-state index is 0.105. The average Bonchev–Trinajstić information content (AvgIpc) is 2.15. The third kappa shape index (κ3) is 3.55. The molecule has 0 aliphatic rings. The van der Waals surface area contributed by atoms with Crippen molar-refractivity contribution in [2.24, 2.45) is 0 Å². The van der Waals surface area contributed by atoms with Crippen LogP contribution in [0, 0.1) is 0 Å². The maximum atomic E-state index is 11.6. The lowest BCUT2D eigenvalue weighted by Gasteiger charge is -2.18. The summed E-state index contributed by atoms with van der Waals surface area (Å²) in [6.45, 7) is 3.65. The molecule has 15 heavy (non-hydrogen) atoms. The molecule has 1 amide bonds. The van der Waals surface area contributed by atoms with Crippen LogP contribution >= 0.6 is 15.9 Å². The van der Waals surface area contributed by atoms with Crippen LogP contribution in [0.1, 0.15) is 13.8 Å². The summed E-state index contributed by atoms with van der Waals surface area (Å²) in [5.74, 6) is 0. The van der Waals surface area contributed by atoms with E-state index in [4.69, 9.17) is 4.74 Å². The predicted octanol–water partition coefficient (Wildman–Crippen LogP) is 3.43. The van der Waals surface area contributed by atoms with Crippen molar-refractivity contribution in [3.05, 3.63) is 28.7 Å². The van der Waals surface area contributed by atoms with Gasteiger partial charge in [-0.1, -0.05) is 22.0 Å². The van der Waals surface area contributed by atoms with Gasteiger partial charge in [0.05, 0.1) is 6.10 Å². The summed E-state index contributed by atoms with van der Waals surface area (Å²) >= 11 is 3.35. The molecule has 1 aromatic rings. The van der Waals surface area contributed by atoms with Crippen LogP contribution in [0.5, 0.6) is 0 Å². The van der Waals surface area contributed by atoms with E-state index in [2.05, 4.69) is 15.9 Å². The molecule has 0 aromatic heterocycles. The van der Waals surface area contributed by atoms with Gasteiger partial charge in [-0.15, -0.1) is 0 Å². The van der Waals surface area contributed by atoms with E-state index < -0.39 is 0 Å². The van der Waals surface area contributed by atoms with E-state index in [1.165, 1.54) is 4.90 Å². The summed E-state index contributed by atoms with van der Waals surface area (Å²) in [7, 11) is 1.69. The summed E-state index contributed by atoms with van der Waals surface area (Å²) < 4.78 is 6.01. The van der Waals surface area contributed by atoms with Crippen molar-refractivity contribution in [1.29, 1.82) is 0 Å². The van der Waals surface area contributed by atoms with Crippen molar-refractivity contribution in [2.75, 3.05) is 11.9 Å². The van der Waals surface area contributed by atoms with Gasteiger partial charge >= 0.3 is 6.09 Å². The van der Waals surface area contributed by atoms with E-state index in [0.717, 1.165) is 10.2 Å². The molecule has 0 atom stereocenters. The number of rotatable bonds is 2. The third-order valence-electron chi connectivity index (χ3n) is 1.81. The number of benzene rings is 1. The van der Waals surface area contributed by atoms with Crippen molar-refractivity contribution >= 4 is 27.7 Å². The number of nitrogens with zero attached hydrogens (tertiary/aromatic N) is 1. The zero-order valence-corrected chi connectivity index (χ0v) is 10.6. The number of carbonyl (C=O) groups excluding carboxylic acids is 1. The number of halogens is 1. The van der Waals surface area contributed by atoms with Gasteiger partial charge in [-0.05, 0) is 32.0 Å². The molecule has 0 fully saturated rings. The number of amides is 1. The first kappa shape index (κ1) is 12.0. The van der Waals surface area contributed by atoms with Gasteiger partial charge in [-0.3, -0.25) is 4.90 Å². The highest BCUT2D eigenvalue weighted by atomic mass is 79.9. The molecular formula is C11H14BrNO2. The van der Waals surface area contributed by atoms with Crippen LogP contribution in [-0.4, -0.2) is 19.2 Å². The van der Waals surface area contributed by atoms with Gasteiger partial charge < -0.3 is 4.74 Å². The fraction of sp³-hybridized carbons (Fsp3) is 0.364. The van der Waals surface area contributed by atoms with Crippen LogP contribution in [-0.2, 0) is 4.74 Å². The SMILES string of the molecule is CC(C)OC(=O)N(C)c1cccc(Br)c1. The van der Waals surface area contributed by atoms with E-state index in [-0.39, 0.29) is 12.2 Å². The zero-order chi connectivity index (χ0) is 11.4. The minimum atomic E-state index is -0.344. The van der Waals surface area contributed by atoms with E-state index in [1.54, 1.807) is 7.05 Å². The van der Waals surface area contributed by atoms with Crippen LogP contribution < -0.4 is 4.90 Å². The summed E-state index contributed by atoms with van der Waals surface area (Å²) in [6, 6.07) is 7.50. The fourth-order valence-corrected chi connectivity index (χ4v) is 1.46. The van der Waals surface area contributed by atoms with Crippen LogP contribution in [0.15, 0.2) is 28.7 Å². The van der Waals surface area contributed by atoms with Gasteiger partial charge in [0, 0.05) is 17.2 Å². The van der Waals surface area contributed by atoms with E-state index >= 15 is 0 Å². The topological polar surface area (TPSA) is 29.5 Å². The molecule has 0 aliphatic heterocycles. The first-order valence-corrected chi connectivity index (χ1v) is 5.50. The second-order valence-electron chi connectivity index (χ2n) is 3.47. The molecule has 1 rings (SSSR count). The summed E-state index contributed by atoms with van der Waals surface area (Å²) in [5, 5.41) is 0. The highest BCUT2D eigenvalue weighted by Crippen LogP contribution is 2.19. The van der Waals surface area contributed by atoms with Crippen LogP contribution in [0.2, 0.25) is 0 Å². The number of carbonyl (C=O) groups is 1. The van der Waals surface area contributed by atoms with Crippen molar-refractivity contribution < 1.29 is 9.53 Å². The Morgan fingerprint density at radius 2 is 2.13 bits per heavy atom. The van der Waals surface area contributed by atoms with Crippen molar-refractivity contribution in [3.63, 3.8) is 0 Å². The van der Waals surface area contributed by atoms with Crippen molar-refractivity contribution in [2.45, 2.75) is 20.0 Å². The Bertz CT molecular complexity index is 352. The molecule has 3 nitrogen and oxygen atoms in total. The Kier molecular flexibility index (Phi) is 4.15. The molecule has 0 saturated heterocycles. The van der Waals surface area contributed by atoms with Crippen molar-refractivity contribution in [1.82, 2.24) is 0 Å². The van der Waals surface area contributed by atoms with Gasteiger partial charge in [0.15, 0.2) is 0 Å². The molecule has 4 heteroatoms. The van der Waals surface area contributed by atoms with Gasteiger partial charge in [0.2, 0.25) is 0 Å². The first-order valence-electron chi connectivity index (χ1n) is 4.70. The number of ether oxygens (including phenoxy) is 1. The van der Waals surface area contributed by atoms with Gasteiger partial charge in [-0.2, -0.15) is 0 Å². The second kappa shape index (κ2) is 5.16. The summed E-state index contributed by atoms with van der Waals surface area (Å²) in [6.07, 6.45) is -0.449. The molecule has 1 aromatic carbocycles. The molecule has 0 N–H and O–H groups in total. The molecule has 0 bridgehead atoms. The number of hydrogen-bond acceptors (Lipinski definition) is 2. The van der Waals surface area contributed by atoms with Crippen LogP contribution in [0.25, 0.3) is 0 Å². The standard InChI is InChI=1S/C11H14BrNO2/c1-8(2)15-11(14)13(3)10-6-4-5-9(12)7-10/h4-8H,1-3H3. The fourth-order valence-electron chi connectivity index (χ4n) is 1.07. The third-order valence-corrected chi connectivity index (χ3v) is 2.30. The lowest BCUT2D eigenvalue weighted by molar-refractivity contribution is 0.124. The Hall–Kier alpha value is -1.03. The Morgan fingerprint density at radius 1 is 1.47 bits per heavy atom. The Morgan fingerprint density at radius 3 is 2.67 bits per heavy atom. The lowest BCUT2D eigenvalue weighted by Crippen LogP contribution is -2.29. The van der Waals surface area contributed by atoms with E-state index in [1.807, 2.05) is 38.1 Å². The minimum Gasteiger partial charge on any atom is -0.446 e. The molecule has 82 valence electrons. The van der Waals surface area contributed by atoms with Gasteiger partial charge in [-0.25, -0.2) is 4.79 Å². The Labute approximate surface area is 98.2 Å². The summed E-state index contributed by atoms with van der Waals surface area (Å²) in [5.41, 5.74) is 0.801. The van der Waals surface area contributed by atoms with Gasteiger partial charge in [0.1, 0.15) is 0 Å². The van der Waals surface area contributed by atoms with Crippen LogP contribution in [0.4, 0.5) is 10.5 Å². The molecule has 0 unspecified atom stereocenters. The number of anilines is 1. The largest absolute Gasteiger partial charge is 0.446 e. The smallest absolute Gasteiger partial charge is 0.414 e. The quantitative estimate of drug-likeness (QED) is 0.825. The lowest BCUT2D eigenvalue weighted by atomic mass is 10.3. The summed E-state index contributed by atoms with van der Waals surface area (Å²) in [4.78, 5) is 13.0. The first-order chi connectivity index (χ1) is 7.00. The van der Waals surface area contributed by atoms with Crippen molar-refractivity contribution in [3.8, 4) is 0 Å². The Balaban J connectivity index is 2.76. The van der Waals surface area contributed by atoms with E-state index in [0.29, 0.717) is 0 Å². The predicted molar refractivity (Wildman–Crippen MR) is 64.2 cm³/mol. The van der Waals surface area contributed by atoms with E-state index in [9.17, 15) is 4.79 Å². The van der Waals surface area contributed by atoms with Crippen LogP contribution in [0.3, 0.4) is 0 Å². The monoisotopic (exact) mass is 271 g/mol. The second-order valence-corrected chi connectivity index (χ2v) is 4.39.